The first-order valence-corrected chi connectivity index (χ1v) is 5.80. The molecule has 0 aliphatic carbocycles. The second-order valence-corrected chi connectivity index (χ2v) is 4.08. The minimum absolute atomic E-state index is 0.243. The third-order valence-electron chi connectivity index (χ3n) is 2.60. The minimum atomic E-state index is -0.322. The molecule has 0 unspecified atom stereocenters. The molecule has 0 aliphatic heterocycles. The molecule has 1 N–H and O–H groups in total. The highest BCUT2D eigenvalue weighted by Gasteiger charge is 2.11. The topological polar surface area (TPSA) is 98.7 Å². The zero-order valence-electron chi connectivity index (χ0n) is 10.5. The highest BCUT2D eigenvalue weighted by molar-refractivity contribution is 6.02. The molecule has 2 heterocycles. The van der Waals surface area contributed by atoms with E-state index in [-0.39, 0.29) is 11.6 Å². The number of tetrazole rings is 1. The molecule has 1 amide bonds. The number of aryl methyl sites for hydroxylation is 1. The van der Waals surface area contributed by atoms with Gasteiger partial charge in [0.1, 0.15) is 12.1 Å². The fourth-order valence-electron chi connectivity index (χ4n) is 1.65. The van der Waals surface area contributed by atoms with E-state index in [0.717, 1.165) is 5.69 Å². The number of hydrogen-bond donors (Lipinski definition) is 1. The lowest BCUT2D eigenvalue weighted by Crippen LogP contribution is -2.12. The van der Waals surface area contributed by atoms with Crippen LogP contribution in [0.1, 0.15) is 16.2 Å². The Labute approximate surface area is 113 Å². The number of benzene rings is 1. The van der Waals surface area contributed by atoms with E-state index in [1.807, 2.05) is 0 Å². The van der Waals surface area contributed by atoms with Crippen LogP contribution in [0.3, 0.4) is 0 Å². The van der Waals surface area contributed by atoms with Gasteiger partial charge in [0.15, 0.2) is 5.69 Å². The highest BCUT2D eigenvalue weighted by atomic mass is 16.5. The summed E-state index contributed by atoms with van der Waals surface area (Å²) in [5, 5.41) is 17.3. The Morgan fingerprint density at radius 1 is 1.30 bits per heavy atom. The van der Waals surface area contributed by atoms with Crippen molar-refractivity contribution in [1.82, 2.24) is 25.4 Å². The first-order chi connectivity index (χ1) is 9.72. The summed E-state index contributed by atoms with van der Waals surface area (Å²) in [5.41, 5.74) is 1.69. The van der Waals surface area contributed by atoms with Crippen LogP contribution in [0.4, 0.5) is 5.69 Å². The number of nitrogens with zero attached hydrogens (tertiary/aromatic N) is 5. The van der Waals surface area contributed by atoms with Gasteiger partial charge in [-0.05, 0) is 41.6 Å². The molecule has 0 bridgehead atoms. The monoisotopic (exact) mass is 270 g/mol. The highest BCUT2D eigenvalue weighted by Crippen LogP contribution is 2.13. The van der Waals surface area contributed by atoms with Crippen molar-refractivity contribution in [2.24, 2.45) is 0 Å². The number of rotatable bonds is 3. The summed E-state index contributed by atoms with van der Waals surface area (Å²) in [6, 6.07) is 8.66. The van der Waals surface area contributed by atoms with Gasteiger partial charge in [-0.15, -0.1) is 5.10 Å². The van der Waals surface area contributed by atoms with Crippen LogP contribution in [0.5, 0.6) is 0 Å². The molecule has 20 heavy (non-hydrogen) atoms. The lowest BCUT2D eigenvalue weighted by molar-refractivity contribution is 0.101. The van der Waals surface area contributed by atoms with E-state index >= 15 is 0 Å². The molecule has 0 atom stereocenters. The average molecular weight is 270 g/mol. The van der Waals surface area contributed by atoms with Gasteiger partial charge < -0.3 is 9.84 Å². The van der Waals surface area contributed by atoms with Crippen molar-refractivity contribution in [3.8, 4) is 5.69 Å². The lowest BCUT2D eigenvalue weighted by atomic mass is 10.2. The lowest BCUT2D eigenvalue weighted by Gasteiger charge is -2.04. The molecule has 0 spiro atoms. The Balaban J connectivity index is 1.74. The second kappa shape index (κ2) is 4.92. The van der Waals surface area contributed by atoms with Crippen LogP contribution in [0.2, 0.25) is 0 Å². The zero-order valence-corrected chi connectivity index (χ0v) is 10.5. The third-order valence-corrected chi connectivity index (χ3v) is 2.60. The minimum Gasteiger partial charge on any atom is -0.361 e. The van der Waals surface area contributed by atoms with Crippen LogP contribution in [-0.4, -0.2) is 31.3 Å². The number of aromatic nitrogens is 5. The van der Waals surface area contributed by atoms with Gasteiger partial charge >= 0.3 is 0 Å². The Bertz CT molecular complexity index is 717. The smallest absolute Gasteiger partial charge is 0.277 e. The zero-order chi connectivity index (χ0) is 13.9. The molecular formula is C12H10N6O2. The van der Waals surface area contributed by atoms with Crippen molar-refractivity contribution < 1.29 is 9.32 Å². The van der Waals surface area contributed by atoms with Gasteiger partial charge in [0.05, 0.1) is 5.69 Å². The van der Waals surface area contributed by atoms with E-state index in [1.54, 1.807) is 37.3 Å². The predicted molar refractivity (Wildman–Crippen MR) is 68.3 cm³/mol. The molecule has 0 saturated heterocycles. The van der Waals surface area contributed by atoms with Crippen molar-refractivity contribution in [3.63, 3.8) is 0 Å². The molecule has 8 heteroatoms. The maximum Gasteiger partial charge on any atom is 0.277 e. The van der Waals surface area contributed by atoms with Crippen LogP contribution in [0.25, 0.3) is 5.69 Å². The van der Waals surface area contributed by atoms with E-state index in [9.17, 15) is 4.79 Å². The average Bonchev–Trinajstić information content (AvgIpc) is 3.10. The molecule has 3 aromatic rings. The van der Waals surface area contributed by atoms with Crippen molar-refractivity contribution in [1.29, 1.82) is 0 Å². The summed E-state index contributed by atoms with van der Waals surface area (Å²) in [7, 11) is 0. The van der Waals surface area contributed by atoms with E-state index in [1.165, 1.54) is 11.0 Å². The van der Waals surface area contributed by atoms with E-state index in [2.05, 4.69) is 26.0 Å². The Morgan fingerprint density at radius 2 is 2.10 bits per heavy atom. The summed E-state index contributed by atoms with van der Waals surface area (Å²) in [6.45, 7) is 1.73. The molecule has 3 rings (SSSR count). The summed E-state index contributed by atoms with van der Waals surface area (Å²) in [5.74, 6) is 0.265. The first kappa shape index (κ1) is 12.0. The largest absolute Gasteiger partial charge is 0.361 e. The van der Waals surface area contributed by atoms with Gasteiger partial charge in [-0.25, -0.2) is 4.68 Å². The fourth-order valence-corrected chi connectivity index (χ4v) is 1.65. The molecule has 0 aliphatic rings. The van der Waals surface area contributed by atoms with Gasteiger partial charge in [0, 0.05) is 11.8 Å². The van der Waals surface area contributed by atoms with Crippen molar-refractivity contribution in [2.45, 2.75) is 6.92 Å². The first-order valence-electron chi connectivity index (χ1n) is 5.80. The van der Waals surface area contributed by atoms with E-state index < -0.39 is 0 Å². The summed E-state index contributed by atoms with van der Waals surface area (Å²) in [6.07, 6.45) is 1.49. The SMILES string of the molecule is Cc1cc(C(=O)Nc2ccc(-n3cnnn3)cc2)no1. The Hall–Kier alpha value is -3.03. The van der Waals surface area contributed by atoms with Gasteiger partial charge in [-0.3, -0.25) is 4.79 Å². The Kier molecular flexibility index (Phi) is 2.96. The van der Waals surface area contributed by atoms with Gasteiger partial charge in [0.2, 0.25) is 0 Å². The summed E-state index contributed by atoms with van der Waals surface area (Å²) in [4.78, 5) is 11.9. The van der Waals surface area contributed by atoms with Crippen LogP contribution >= 0.6 is 0 Å². The molecule has 2 aromatic heterocycles. The van der Waals surface area contributed by atoms with Gasteiger partial charge in [-0.2, -0.15) is 0 Å². The maximum atomic E-state index is 11.9. The van der Waals surface area contributed by atoms with Gasteiger partial charge in [-0.1, -0.05) is 5.16 Å². The molecule has 0 saturated carbocycles. The fraction of sp³-hybridized carbons (Fsp3) is 0.0833. The Morgan fingerprint density at radius 3 is 2.70 bits per heavy atom. The number of nitrogens with one attached hydrogen (secondary N) is 1. The maximum absolute atomic E-state index is 11.9. The van der Waals surface area contributed by atoms with Crippen LogP contribution in [0, 0.1) is 6.92 Å². The molecule has 0 fully saturated rings. The van der Waals surface area contributed by atoms with E-state index in [4.69, 9.17) is 4.52 Å². The van der Waals surface area contributed by atoms with Crippen LogP contribution in [0.15, 0.2) is 41.2 Å². The number of hydrogen-bond acceptors (Lipinski definition) is 6. The quantitative estimate of drug-likeness (QED) is 0.768. The normalized spacial score (nSPS) is 10.4. The van der Waals surface area contributed by atoms with Crippen molar-refractivity contribution in [3.05, 3.63) is 48.1 Å². The van der Waals surface area contributed by atoms with Crippen molar-refractivity contribution >= 4 is 11.6 Å². The predicted octanol–water partition coefficient (Wildman–Crippen LogP) is 1.21. The summed E-state index contributed by atoms with van der Waals surface area (Å²) < 4.78 is 6.38. The number of carbonyl (C=O) groups is 1. The number of anilines is 1. The second-order valence-electron chi connectivity index (χ2n) is 4.08. The van der Waals surface area contributed by atoms with Crippen molar-refractivity contribution in [2.75, 3.05) is 5.32 Å². The third kappa shape index (κ3) is 2.39. The molecule has 100 valence electrons. The standard InChI is InChI=1S/C12H10N6O2/c1-8-6-11(15-20-8)12(19)14-9-2-4-10(5-3-9)18-7-13-16-17-18/h2-7H,1H3,(H,14,19). The molecule has 1 aromatic carbocycles. The van der Waals surface area contributed by atoms with Crippen LogP contribution in [-0.2, 0) is 0 Å². The molecule has 8 nitrogen and oxygen atoms in total. The molecule has 0 radical (unpaired) electrons. The molecular weight excluding hydrogens is 260 g/mol. The van der Waals surface area contributed by atoms with Gasteiger partial charge in [0.25, 0.3) is 5.91 Å². The van der Waals surface area contributed by atoms with E-state index in [0.29, 0.717) is 11.4 Å². The van der Waals surface area contributed by atoms with Crippen LogP contribution < -0.4 is 5.32 Å². The number of carbonyl (C=O) groups excluding carboxylic acids is 1. The number of amides is 1. The summed E-state index contributed by atoms with van der Waals surface area (Å²) >= 11 is 0.